The van der Waals surface area contributed by atoms with E-state index in [1.165, 1.54) is 269 Å². The molecule has 12 atom stereocenters. The SMILES string of the molecule is CCCCCCCCCCCCC1C(c2cc(CC(CC)CCCCCC)c(C)s2)C(=O)C2CCC3C(CCC4C(=O)C(c5cc(CC(CC)CCCCCC)c(-c6ccc(/C=C/c7ccc(C)s7)s6)s5)C(CCCCCCCCCCCC)C43)C21. The van der Waals surface area contributed by atoms with Crippen molar-refractivity contribution in [2.24, 2.45) is 59.2 Å². The zero-order chi connectivity index (χ0) is 60.6. The number of ketones is 2. The van der Waals surface area contributed by atoms with Gasteiger partial charge >= 0.3 is 0 Å². The lowest BCUT2D eigenvalue weighted by Crippen LogP contribution is -2.45. The van der Waals surface area contributed by atoms with Gasteiger partial charge in [-0.15, -0.1) is 45.3 Å². The van der Waals surface area contributed by atoms with Crippen molar-refractivity contribution in [1.82, 2.24) is 0 Å². The van der Waals surface area contributed by atoms with Gasteiger partial charge < -0.3 is 0 Å². The fourth-order valence-corrected chi connectivity index (χ4v) is 22.3. The Balaban J connectivity index is 1.09. The molecule has 4 aromatic heterocycles. The van der Waals surface area contributed by atoms with E-state index in [1.54, 1.807) is 5.56 Å². The minimum absolute atomic E-state index is 0.00933. The van der Waals surface area contributed by atoms with E-state index in [4.69, 9.17) is 0 Å². The highest BCUT2D eigenvalue weighted by Crippen LogP contribution is 2.66. The van der Waals surface area contributed by atoms with Crippen molar-refractivity contribution in [1.29, 1.82) is 0 Å². The predicted molar refractivity (Wildman–Crippen MR) is 382 cm³/mol. The molecule has 0 N–H and O–H groups in total. The van der Waals surface area contributed by atoms with Crippen molar-refractivity contribution in [3.05, 3.63) is 76.8 Å². The third-order valence-electron chi connectivity index (χ3n) is 22.7. The Morgan fingerprint density at radius 2 is 0.849 bits per heavy atom. The van der Waals surface area contributed by atoms with Gasteiger partial charge in [0.05, 0.1) is 11.8 Å². The smallest absolute Gasteiger partial charge is 0.144 e. The van der Waals surface area contributed by atoms with Gasteiger partial charge in [-0.1, -0.05) is 247 Å². The third-order valence-corrected chi connectivity index (χ3v) is 27.3. The molecule has 0 amide bonds. The van der Waals surface area contributed by atoms with E-state index in [2.05, 4.69) is 104 Å². The summed E-state index contributed by atoms with van der Waals surface area (Å²) in [5, 5.41) is 0. The van der Waals surface area contributed by atoms with Gasteiger partial charge in [-0.3, -0.25) is 9.59 Å². The van der Waals surface area contributed by atoms with E-state index in [1.807, 2.05) is 45.3 Å². The molecule has 0 spiro atoms. The standard InChI is InChI=1S/C80H124O2S4/c1-9-15-19-23-25-27-29-31-33-37-41-67-74-65-49-51-70-75(66(65)48-50-69(74)78(81)76(67)72-55-61(58(8)84-72)53-59(13-5)39-35-21-17-11-3)68(42-38-34-32-30-28-26-24-20-16-10-2)77(79(70)82)73-56-62(54-60(14-6)40-36-22-18-12-4)80(86-73)71-52-47-64(85-71)46-45-63-44-43-57(7)83-63/h43-47,52,55-56,59-60,65-70,74-77H,9-42,48-51,53-54H2,1-8H3/b46-45+. The minimum atomic E-state index is 0.00933. The van der Waals surface area contributed by atoms with Crippen molar-refractivity contribution >= 4 is 69.1 Å². The molecule has 0 aliphatic heterocycles. The molecule has 4 aliphatic carbocycles. The molecular formula is C80H124O2S4. The van der Waals surface area contributed by atoms with Crippen LogP contribution >= 0.6 is 45.3 Å². The molecule has 4 heterocycles. The van der Waals surface area contributed by atoms with Gasteiger partial charge in [0, 0.05) is 50.9 Å². The van der Waals surface area contributed by atoms with E-state index in [9.17, 15) is 0 Å². The summed E-state index contributed by atoms with van der Waals surface area (Å²) < 4.78 is 0. The van der Waals surface area contributed by atoms with Crippen molar-refractivity contribution in [3.8, 4) is 9.75 Å². The molecule has 4 aromatic rings. The number of aryl methyl sites for hydroxylation is 2. The second kappa shape index (κ2) is 37.4. The third kappa shape index (κ3) is 19.2. The lowest BCUT2D eigenvalue weighted by molar-refractivity contribution is -0.128. The van der Waals surface area contributed by atoms with Crippen LogP contribution in [0, 0.1) is 73.0 Å². The molecule has 0 bridgehead atoms. The highest BCUT2D eigenvalue weighted by molar-refractivity contribution is 7.22. The number of carbonyl (C=O) groups excluding carboxylic acids is 2. The fraction of sp³-hybridized carbons (Fsp3) is 0.750. The summed E-state index contributed by atoms with van der Waals surface area (Å²) in [5.74, 6) is 5.97. The molecule has 12 unspecified atom stereocenters. The van der Waals surface area contributed by atoms with E-state index in [0.29, 0.717) is 53.0 Å². The molecule has 0 radical (unpaired) electrons. The predicted octanol–water partition coefficient (Wildman–Crippen LogP) is 26.6. The Morgan fingerprint density at radius 3 is 1.30 bits per heavy atom. The number of Topliss-reactive ketones (excluding diaryl/α,β-unsaturated/α-hetero) is 2. The van der Waals surface area contributed by atoms with E-state index >= 15 is 9.59 Å². The molecular weight excluding hydrogens is 1120 g/mol. The maximum Gasteiger partial charge on any atom is 0.144 e. The second-order valence-corrected chi connectivity index (χ2v) is 33.6. The molecule has 86 heavy (non-hydrogen) atoms. The lowest BCUT2D eigenvalue weighted by atomic mass is 9.54. The quantitative estimate of drug-likeness (QED) is 0.0414. The minimum Gasteiger partial charge on any atom is -0.299 e. The van der Waals surface area contributed by atoms with Gasteiger partial charge in [-0.05, 0) is 172 Å². The number of hydrogen-bond acceptors (Lipinski definition) is 6. The fourth-order valence-electron chi connectivity index (χ4n) is 17.9. The Labute approximate surface area is 544 Å². The average molecular weight is 1250 g/mol. The molecule has 480 valence electrons. The average Bonchev–Trinajstić information content (AvgIpc) is 2.29. The Hall–Kier alpha value is -2.12. The summed E-state index contributed by atoms with van der Waals surface area (Å²) in [7, 11) is 0. The van der Waals surface area contributed by atoms with Crippen molar-refractivity contribution in [3.63, 3.8) is 0 Å². The number of fused-ring (bicyclic) bond motifs is 5. The van der Waals surface area contributed by atoms with Gasteiger partial charge in [0.2, 0.25) is 0 Å². The number of thiophene rings is 4. The second-order valence-electron chi connectivity index (χ2n) is 28.8. The summed E-state index contributed by atoms with van der Waals surface area (Å²) in [6.45, 7) is 18.7. The topological polar surface area (TPSA) is 34.1 Å². The summed E-state index contributed by atoms with van der Waals surface area (Å²) in [4.78, 5) is 42.7. The molecule has 4 fully saturated rings. The zero-order valence-electron chi connectivity index (χ0n) is 56.3. The van der Waals surface area contributed by atoms with Crippen molar-refractivity contribution in [2.75, 3.05) is 0 Å². The molecule has 4 saturated carbocycles. The first-order valence-electron chi connectivity index (χ1n) is 37.3. The maximum atomic E-state index is 15.9. The van der Waals surface area contributed by atoms with Crippen LogP contribution in [0.1, 0.15) is 338 Å². The van der Waals surface area contributed by atoms with Crippen LogP contribution in [0.5, 0.6) is 0 Å². The van der Waals surface area contributed by atoms with Crippen LogP contribution in [0.25, 0.3) is 21.9 Å². The Morgan fingerprint density at radius 1 is 0.442 bits per heavy atom. The summed E-state index contributed by atoms with van der Waals surface area (Å²) in [6.07, 6.45) is 56.5. The number of hydrogen-bond donors (Lipinski definition) is 0. The molecule has 6 heteroatoms. The van der Waals surface area contributed by atoms with E-state index in [0.717, 1.165) is 38.0 Å². The van der Waals surface area contributed by atoms with Gasteiger partial charge in [-0.25, -0.2) is 0 Å². The van der Waals surface area contributed by atoms with Gasteiger partial charge in [-0.2, -0.15) is 0 Å². The summed E-state index contributed by atoms with van der Waals surface area (Å²) in [5.41, 5.74) is 3.07. The number of unbranched alkanes of at least 4 members (excludes halogenated alkanes) is 24. The van der Waals surface area contributed by atoms with Crippen LogP contribution in [0.2, 0.25) is 0 Å². The largest absolute Gasteiger partial charge is 0.299 e. The highest BCUT2D eigenvalue weighted by Gasteiger charge is 2.62. The van der Waals surface area contributed by atoms with Crippen LogP contribution in [0.15, 0.2) is 36.4 Å². The van der Waals surface area contributed by atoms with Crippen molar-refractivity contribution in [2.45, 2.75) is 324 Å². The highest BCUT2D eigenvalue weighted by atomic mass is 32.1. The maximum absolute atomic E-state index is 15.9. The van der Waals surface area contributed by atoms with Gasteiger partial charge in [0.1, 0.15) is 11.6 Å². The van der Waals surface area contributed by atoms with Crippen LogP contribution in [-0.4, -0.2) is 11.6 Å². The van der Waals surface area contributed by atoms with E-state index < -0.39 is 0 Å². The van der Waals surface area contributed by atoms with Crippen molar-refractivity contribution < 1.29 is 9.59 Å². The molecule has 2 nitrogen and oxygen atoms in total. The van der Waals surface area contributed by atoms with Crippen LogP contribution in [-0.2, 0) is 22.4 Å². The lowest BCUT2D eigenvalue weighted by Gasteiger charge is -2.50. The van der Waals surface area contributed by atoms with Gasteiger partial charge in [0.25, 0.3) is 0 Å². The Kier molecular flexibility index (Phi) is 30.3. The van der Waals surface area contributed by atoms with E-state index in [-0.39, 0.29) is 23.7 Å². The molecule has 0 aromatic carbocycles. The normalized spacial score (nSPS) is 24.5. The summed E-state index contributed by atoms with van der Waals surface area (Å²) >= 11 is 7.88. The summed E-state index contributed by atoms with van der Waals surface area (Å²) in [6, 6.07) is 14.5. The number of rotatable bonds is 43. The first kappa shape index (κ1) is 69.8. The van der Waals surface area contributed by atoms with Gasteiger partial charge in [0.15, 0.2) is 0 Å². The number of carbonyl (C=O) groups is 2. The first-order valence-corrected chi connectivity index (χ1v) is 40.5. The molecule has 0 saturated heterocycles. The first-order chi connectivity index (χ1) is 42.1. The van der Waals surface area contributed by atoms with Crippen LogP contribution in [0.4, 0.5) is 0 Å². The molecule has 4 aliphatic rings. The zero-order valence-corrected chi connectivity index (χ0v) is 59.5. The Bertz CT molecular complexity index is 2580. The van der Waals surface area contributed by atoms with Crippen LogP contribution in [0.3, 0.4) is 0 Å². The van der Waals surface area contributed by atoms with Crippen LogP contribution < -0.4 is 0 Å². The monoisotopic (exact) mass is 1240 g/mol. The molecule has 8 rings (SSSR count).